The van der Waals surface area contributed by atoms with Crippen LogP contribution in [0.2, 0.25) is 0 Å². The summed E-state index contributed by atoms with van der Waals surface area (Å²) in [6.07, 6.45) is 0.615. The Labute approximate surface area is 116 Å². The summed E-state index contributed by atoms with van der Waals surface area (Å²) in [5.74, 6) is 0.556. The van der Waals surface area contributed by atoms with Gasteiger partial charge in [0.1, 0.15) is 33.6 Å². The largest absolute Gasteiger partial charge is 0.591 e. The summed E-state index contributed by atoms with van der Waals surface area (Å²) >= 11 is -1.30. The van der Waals surface area contributed by atoms with Crippen molar-refractivity contribution in [3.8, 4) is 11.8 Å². The van der Waals surface area contributed by atoms with Crippen LogP contribution in [0.4, 0.5) is 0 Å². The molecule has 0 radical (unpaired) electrons. The molecule has 4 nitrogen and oxygen atoms in total. The van der Waals surface area contributed by atoms with Crippen molar-refractivity contribution in [3.63, 3.8) is 0 Å². The molecule has 1 heterocycles. The minimum Gasteiger partial charge on any atom is -0.591 e. The highest BCUT2D eigenvalue weighted by Crippen LogP contribution is 2.30. The second kappa shape index (κ2) is 5.24. The van der Waals surface area contributed by atoms with Gasteiger partial charge in [0, 0.05) is 12.0 Å². The number of nitriles is 1. The Kier molecular flexibility index (Phi) is 3.83. The van der Waals surface area contributed by atoms with Crippen LogP contribution in [0.15, 0.2) is 22.6 Å². The number of benzene rings is 1. The van der Waals surface area contributed by atoms with E-state index in [9.17, 15) is 4.55 Å². The lowest BCUT2D eigenvalue weighted by Crippen LogP contribution is -2.28. The first-order valence-corrected chi connectivity index (χ1v) is 7.20. The van der Waals surface area contributed by atoms with Crippen molar-refractivity contribution in [1.29, 1.82) is 5.26 Å². The molecular formula is C14H16N2O2S. The molecule has 0 fully saturated rings. The standard InChI is InChI=1S/C14H16N2O2S/c1-14(2,3)19(17)16-12-7-8-18-13-10(9-15)5-4-6-11(12)13/h4-6H,7-8H2,1-3H3. The lowest BCUT2D eigenvalue weighted by molar-refractivity contribution is 0.319. The van der Waals surface area contributed by atoms with Crippen molar-refractivity contribution < 1.29 is 9.29 Å². The number of hydrogen-bond donors (Lipinski definition) is 0. The van der Waals surface area contributed by atoms with Crippen LogP contribution in [0.25, 0.3) is 0 Å². The van der Waals surface area contributed by atoms with Gasteiger partial charge in [0.2, 0.25) is 0 Å². The third kappa shape index (κ3) is 2.91. The van der Waals surface area contributed by atoms with E-state index in [4.69, 9.17) is 10.00 Å². The van der Waals surface area contributed by atoms with Crippen molar-refractivity contribution in [2.45, 2.75) is 31.9 Å². The molecule has 1 aromatic carbocycles. The van der Waals surface area contributed by atoms with Crippen LogP contribution in [0.3, 0.4) is 0 Å². The van der Waals surface area contributed by atoms with Gasteiger partial charge in [-0.3, -0.25) is 0 Å². The molecule has 0 saturated carbocycles. The first-order valence-electron chi connectivity index (χ1n) is 6.09. The van der Waals surface area contributed by atoms with Gasteiger partial charge in [-0.1, -0.05) is 10.5 Å². The molecule has 0 aliphatic carbocycles. The van der Waals surface area contributed by atoms with E-state index in [-0.39, 0.29) is 0 Å². The predicted octanol–water partition coefficient (Wildman–Crippen LogP) is 2.59. The summed E-state index contributed by atoms with van der Waals surface area (Å²) in [5, 5.41) is 9.06. The van der Waals surface area contributed by atoms with Crippen LogP contribution in [0, 0.1) is 11.3 Å². The van der Waals surface area contributed by atoms with Crippen LogP contribution in [-0.4, -0.2) is 21.6 Å². The zero-order valence-electron chi connectivity index (χ0n) is 11.3. The predicted molar refractivity (Wildman–Crippen MR) is 75.7 cm³/mol. The fourth-order valence-electron chi connectivity index (χ4n) is 1.72. The minimum absolute atomic E-state index is 0.391. The Hall–Kier alpha value is -1.51. The van der Waals surface area contributed by atoms with E-state index in [0.717, 1.165) is 11.3 Å². The highest BCUT2D eigenvalue weighted by atomic mass is 32.2. The van der Waals surface area contributed by atoms with E-state index in [1.165, 1.54) is 0 Å². The van der Waals surface area contributed by atoms with E-state index in [0.29, 0.717) is 24.3 Å². The van der Waals surface area contributed by atoms with Gasteiger partial charge in [0.25, 0.3) is 0 Å². The smallest absolute Gasteiger partial charge is 0.146 e. The first kappa shape index (κ1) is 13.9. The molecule has 0 spiro atoms. The average molecular weight is 276 g/mol. The monoisotopic (exact) mass is 276 g/mol. The van der Waals surface area contributed by atoms with Gasteiger partial charge in [-0.15, -0.1) is 0 Å². The quantitative estimate of drug-likeness (QED) is 0.740. The van der Waals surface area contributed by atoms with Gasteiger partial charge >= 0.3 is 0 Å². The van der Waals surface area contributed by atoms with Crippen molar-refractivity contribution in [3.05, 3.63) is 29.3 Å². The summed E-state index contributed by atoms with van der Waals surface area (Å²) < 4.78 is 21.6. The normalized spacial score (nSPS) is 18.4. The Morgan fingerprint density at radius 2 is 2.16 bits per heavy atom. The molecule has 1 aromatic rings. The van der Waals surface area contributed by atoms with E-state index < -0.39 is 16.1 Å². The van der Waals surface area contributed by atoms with Crippen LogP contribution < -0.4 is 4.74 Å². The summed E-state index contributed by atoms with van der Waals surface area (Å²) in [5.41, 5.74) is 2.03. The third-order valence-electron chi connectivity index (χ3n) is 2.75. The number of rotatable bonds is 1. The maximum Gasteiger partial charge on any atom is 0.146 e. The molecule has 19 heavy (non-hydrogen) atoms. The Balaban J connectivity index is 2.44. The summed E-state index contributed by atoms with van der Waals surface area (Å²) in [6, 6.07) is 7.46. The van der Waals surface area contributed by atoms with E-state index in [1.807, 2.05) is 26.8 Å². The van der Waals surface area contributed by atoms with Gasteiger partial charge in [-0.05, 0) is 32.9 Å². The number of nitrogens with zero attached hydrogens (tertiary/aromatic N) is 2. The van der Waals surface area contributed by atoms with Crippen molar-refractivity contribution in [2.75, 3.05) is 6.61 Å². The Bertz CT molecular complexity index is 556. The lowest BCUT2D eigenvalue weighted by Gasteiger charge is -2.22. The van der Waals surface area contributed by atoms with Crippen molar-refractivity contribution >= 4 is 17.1 Å². The number of fused-ring (bicyclic) bond motifs is 1. The second-order valence-corrected chi connectivity index (χ2v) is 7.20. The van der Waals surface area contributed by atoms with Crippen LogP contribution in [0.5, 0.6) is 5.75 Å². The van der Waals surface area contributed by atoms with E-state index in [2.05, 4.69) is 10.5 Å². The van der Waals surface area contributed by atoms with E-state index in [1.54, 1.807) is 12.1 Å². The maximum absolute atomic E-state index is 12.1. The summed E-state index contributed by atoms with van der Waals surface area (Å²) in [4.78, 5) is 0. The van der Waals surface area contributed by atoms with Crippen molar-refractivity contribution in [1.82, 2.24) is 0 Å². The van der Waals surface area contributed by atoms with E-state index >= 15 is 0 Å². The molecule has 1 atom stereocenters. The molecule has 0 saturated heterocycles. The molecular weight excluding hydrogens is 260 g/mol. The maximum atomic E-state index is 12.1. The van der Waals surface area contributed by atoms with Gasteiger partial charge in [-0.25, -0.2) is 0 Å². The second-order valence-electron chi connectivity index (χ2n) is 5.29. The van der Waals surface area contributed by atoms with Crippen LogP contribution >= 0.6 is 0 Å². The summed E-state index contributed by atoms with van der Waals surface area (Å²) in [6.45, 7) is 6.13. The van der Waals surface area contributed by atoms with Gasteiger partial charge in [0.15, 0.2) is 0 Å². The fourth-order valence-corrected chi connectivity index (χ4v) is 2.39. The Morgan fingerprint density at radius 3 is 2.79 bits per heavy atom. The number of para-hydroxylation sites is 1. The fraction of sp³-hybridized carbons (Fsp3) is 0.429. The van der Waals surface area contributed by atoms with Crippen molar-refractivity contribution in [2.24, 2.45) is 4.40 Å². The number of ether oxygens (including phenoxy) is 1. The Morgan fingerprint density at radius 1 is 1.42 bits per heavy atom. The molecule has 1 unspecified atom stereocenters. The molecule has 1 aliphatic rings. The zero-order chi connectivity index (χ0) is 14.0. The molecule has 0 aromatic heterocycles. The van der Waals surface area contributed by atoms with Gasteiger partial charge in [0.05, 0.1) is 12.2 Å². The topological polar surface area (TPSA) is 68.4 Å². The highest BCUT2D eigenvalue weighted by molar-refractivity contribution is 7.91. The molecule has 100 valence electrons. The van der Waals surface area contributed by atoms with Crippen LogP contribution in [0.1, 0.15) is 38.3 Å². The molecule has 0 N–H and O–H groups in total. The van der Waals surface area contributed by atoms with Crippen LogP contribution in [-0.2, 0) is 11.4 Å². The lowest BCUT2D eigenvalue weighted by atomic mass is 10.0. The first-order chi connectivity index (χ1) is 8.93. The zero-order valence-corrected chi connectivity index (χ0v) is 12.1. The highest BCUT2D eigenvalue weighted by Gasteiger charge is 2.29. The minimum atomic E-state index is -1.30. The molecule has 1 aliphatic heterocycles. The average Bonchev–Trinajstić information content (AvgIpc) is 2.37. The summed E-state index contributed by atoms with van der Waals surface area (Å²) in [7, 11) is 0. The SMILES string of the molecule is CC(C)(C)[S+]([O-])N=C1CCOc2c(C#N)cccc21. The molecule has 0 bridgehead atoms. The third-order valence-corrected chi connectivity index (χ3v) is 4.18. The molecule has 0 amide bonds. The molecule has 5 heteroatoms. The molecule has 2 rings (SSSR count). The van der Waals surface area contributed by atoms with Gasteiger partial charge < -0.3 is 9.29 Å². The van der Waals surface area contributed by atoms with Gasteiger partial charge in [-0.2, -0.15) is 5.26 Å². The number of hydrogen-bond acceptors (Lipinski definition) is 4.